The van der Waals surface area contributed by atoms with E-state index in [0.29, 0.717) is 23.5 Å². The van der Waals surface area contributed by atoms with Crippen molar-refractivity contribution in [1.29, 1.82) is 0 Å². The molecule has 1 heterocycles. The fraction of sp³-hybridized carbons (Fsp3) is 0.409. The minimum Gasteiger partial charge on any atom is -0.375 e. The van der Waals surface area contributed by atoms with Crippen molar-refractivity contribution < 1.29 is 17.9 Å². The van der Waals surface area contributed by atoms with Gasteiger partial charge in [-0.2, -0.15) is 0 Å². The smallest absolute Gasteiger partial charge is 0.255 e. The van der Waals surface area contributed by atoms with E-state index in [1.165, 1.54) is 0 Å². The van der Waals surface area contributed by atoms with E-state index in [4.69, 9.17) is 4.74 Å². The Morgan fingerprint density at radius 3 is 2.20 bits per heavy atom. The molecule has 30 heavy (non-hydrogen) atoms. The first-order chi connectivity index (χ1) is 14.0. The van der Waals surface area contributed by atoms with E-state index < -0.39 is 14.8 Å². The third kappa shape index (κ3) is 5.31. The van der Waals surface area contributed by atoms with Crippen LogP contribution in [0.3, 0.4) is 0 Å². The number of carbonyl (C=O) groups is 1. The molecule has 1 fully saturated rings. The first-order valence-electron chi connectivity index (χ1n) is 9.95. The van der Waals surface area contributed by atoms with Gasteiger partial charge >= 0.3 is 0 Å². The second-order valence-corrected chi connectivity index (χ2v) is 10.9. The number of nitrogens with one attached hydrogen (secondary N) is 2. The van der Waals surface area contributed by atoms with Crippen LogP contribution in [0.5, 0.6) is 0 Å². The Balaban J connectivity index is 1.62. The van der Waals surface area contributed by atoms with Gasteiger partial charge in [-0.25, -0.2) is 8.42 Å². The number of sulfonamides is 1. The summed E-state index contributed by atoms with van der Waals surface area (Å²) in [6.07, 6.45) is 0.203. The summed E-state index contributed by atoms with van der Waals surface area (Å²) in [4.78, 5) is 14.8. The number of nitrogens with zero attached hydrogens (tertiary/aromatic N) is 1. The SMILES string of the molecule is C[C@@H]1CN(c2ccc(NC(=O)c3ccc(NS(=O)(=O)C(C)(C)C)cc3)cc2)CCO1. The van der Waals surface area contributed by atoms with Crippen LogP contribution in [0.4, 0.5) is 17.1 Å². The van der Waals surface area contributed by atoms with Crippen molar-refractivity contribution in [3.05, 3.63) is 54.1 Å². The number of ether oxygens (including phenoxy) is 1. The van der Waals surface area contributed by atoms with Crippen LogP contribution in [-0.4, -0.2) is 44.9 Å². The van der Waals surface area contributed by atoms with Crippen molar-refractivity contribution in [1.82, 2.24) is 0 Å². The summed E-state index contributed by atoms with van der Waals surface area (Å²) >= 11 is 0. The lowest BCUT2D eigenvalue weighted by Crippen LogP contribution is -2.41. The van der Waals surface area contributed by atoms with Gasteiger partial charge in [0, 0.05) is 35.7 Å². The molecule has 2 aromatic rings. The largest absolute Gasteiger partial charge is 0.375 e. The first-order valence-corrected chi connectivity index (χ1v) is 11.4. The molecule has 1 aliphatic heterocycles. The lowest BCUT2D eigenvalue weighted by atomic mass is 10.2. The molecule has 0 aromatic heterocycles. The number of hydrogen-bond acceptors (Lipinski definition) is 5. The van der Waals surface area contributed by atoms with E-state index in [1.54, 1.807) is 45.0 Å². The molecule has 0 bridgehead atoms. The number of carbonyl (C=O) groups excluding carboxylic acids is 1. The van der Waals surface area contributed by atoms with Gasteiger partial charge in [0.05, 0.1) is 17.5 Å². The summed E-state index contributed by atoms with van der Waals surface area (Å²) in [5.41, 5.74) is 2.66. The number of hydrogen-bond donors (Lipinski definition) is 2. The molecule has 2 aromatic carbocycles. The van der Waals surface area contributed by atoms with Crippen molar-refractivity contribution in [3.63, 3.8) is 0 Å². The zero-order valence-corrected chi connectivity index (χ0v) is 18.6. The Morgan fingerprint density at radius 2 is 1.63 bits per heavy atom. The maximum absolute atomic E-state index is 12.5. The lowest BCUT2D eigenvalue weighted by molar-refractivity contribution is 0.0532. The number of benzene rings is 2. The summed E-state index contributed by atoms with van der Waals surface area (Å²) in [5, 5.41) is 2.87. The predicted octanol–water partition coefficient (Wildman–Crippen LogP) is 3.70. The quantitative estimate of drug-likeness (QED) is 0.754. The zero-order valence-electron chi connectivity index (χ0n) is 17.8. The monoisotopic (exact) mass is 431 g/mol. The van der Waals surface area contributed by atoms with Gasteiger partial charge < -0.3 is 15.0 Å². The van der Waals surface area contributed by atoms with E-state index in [1.807, 2.05) is 24.3 Å². The van der Waals surface area contributed by atoms with Crippen LogP contribution in [0.25, 0.3) is 0 Å². The van der Waals surface area contributed by atoms with E-state index in [0.717, 1.165) is 18.8 Å². The van der Waals surface area contributed by atoms with Gasteiger partial charge in [0.2, 0.25) is 10.0 Å². The van der Waals surface area contributed by atoms with Gasteiger partial charge in [-0.05, 0) is 76.2 Å². The Morgan fingerprint density at radius 1 is 1.03 bits per heavy atom. The highest BCUT2D eigenvalue weighted by Gasteiger charge is 2.28. The number of morpholine rings is 1. The van der Waals surface area contributed by atoms with Crippen molar-refractivity contribution in [2.75, 3.05) is 34.6 Å². The Kier molecular flexibility index (Phi) is 6.38. The Labute approximate surface area is 178 Å². The molecular formula is C22H29N3O4S. The third-order valence-electron chi connectivity index (χ3n) is 4.94. The Hall–Kier alpha value is -2.58. The molecule has 0 aliphatic carbocycles. The van der Waals surface area contributed by atoms with Crippen LogP contribution >= 0.6 is 0 Å². The molecule has 3 rings (SSSR count). The fourth-order valence-electron chi connectivity index (χ4n) is 3.01. The molecule has 1 aliphatic rings. The zero-order chi connectivity index (χ0) is 21.9. The van der Waals surface area contributed by atoms with Crippen LogP contribution in [0.1, 0.15) is 38.1 Å². The molecule has 8 heteroatoms. The highest BCUT2D eigenvalue weighted by molar-refractivity contribution is 7.94. The molecule has 0 radical (unpaired) electrons. The maximum Gasteiger partial charge on any atom is 0.255 e. The number of anilines is 3. The van der Waals surface area contributed by atoms with E-state index >= 15 is 0 Å². The first kappa shape index (κ1) is 22.1. The molecule has 0 spiro atoms. The van der Waals surface area contributed by atoms with Gasteiger partial charge in [0.25, 0.3) is 5.91 Å². The Bertz CT molecular complexity index is 981. The van der Waals surface area contributed by atoms with Gasteiger partial charge in [-0.15, -0.1) is 0 Å². The van der Waals surface area contributed by atoms with Crippen LogP contribution in [-0.2, 0) is 14.8 Å². The molecule has 1 atom stereocenters. The average molecular weight is 432 g/mol. The van der Waals surface area contributed by atoms with Gasteiger partial charge in [0.15, 0.2) is 0 Å². The molecule has 162 valence electrons. The van der Waals surface area contributed by atoms with Crippen LogP contribution in [0.15, 0.2) is 48.5 Å². The average Bonchev–Trinajstić information content (AvgIpc) is 2.68. The fourth-order valence-corrected chi connectivity index (χ4v) is 3.76. The molecule has 2 N–H and O–H groups in total. The third-order valence-corrected chi connectivity index (χ3v) is 7.05. The second kappa shape index (κ2) is 8.65. The molecule has 1 amide bonds. The molecule has 1 saturated heterocycles. The van der Waals surface area contributed by atoms with Crippen LogP contribution < -0.4 is 14.9 Å². The van der Waals surface area contributed by atoms with Crippen molar-refractivity contribution in [2.45, 2.75) is 38.5 Å². The van der Waals surface area contributed by atoms with Gasteiger partial charge in [-0.3, -0.25) is 9.52 Å². The van der Waals surface area contributed by atoms with Gasteiger partial charge in [0.1, 0.15) is 0 Å². The summed E-state index contributed by atoms with van der Waals surface area (Å²) in [5.74, 6) is -0.257. The maximum atomic E-state index is 12.5. The number of amides is 1. The molecule has 7 nitrogen and oxygen atoms in total. The highest BCUT2D eigenvalue weighted by Crippen LogP contribution is 2.22. The highest BCUT2D eigenvalue weighted by atomic mass is 32.2. The minimum absolute atomic E-state index is 0.203. The summed E-state index contributed by atoms with van der Waals surface area (Å²) in [7, 11) is -3.51. The van der Waals surface area contributed by atoms with Gasteiger partial charge in [-0.1, -0.05) is 0 Å². The van der Waals surface area contributed by atoms with E-state index in [2.05, 4.69) is 21.9 Å². The molecular weight excluding hydrogens is 402 g/mol. The second-order valence-electron chi connectivity index (χ2n) is 8.42. The van der Waals surface area contributed by atoms with E-state index in [-0.39, 0.29) is 12.0 Å². The van der Waals surface area contributed by atoms with Crippen molar-refractivity contribution in [3.8, 4) is 0 Å². The number of rotatable bonds is 5. The topological polar surface area (TPSA) is 87.7 Å². The van der Waals surface area contributed by atoms with E-state index in [9.17, 15) is 13.2 Å². The predicted molar refractivity (Wildman–Crippen MR) is 121 cm³/mol. The summed E-state index contributed by atoms with van der Waals surface area (Å²) < 4.78 is 31.7. The summed E-state index contributed by atoms with van der Waals surface area (Å²) in [6.45, 7) is 9.34. The summed E-state index contributed by atoms with van der Waals surface area (Å²) in [6, 6.07) is 14.1. The minimum atomic E-state index is -3.51. The molecule has 0 saturated carbocycles. The lowest BCUT2D eigenvalue weighted by Gasteiger charge is -2.33. The van der Waals surface area contributed by atoms with Crippen LogP contribution in [0.2, 0.25) is 0 Å². The normalized spacial score (nSPS) is 17.5. The van der Waals surface area contributed by atoms with Crippen molar-refractivity contribution in [2.24, 2.45) is 0 Å². The standard InChI is InChI=1S/C22H29N3O4S/c1-16-15-25(13-14-29-16)20-11-9-18(10-12-20)23-21(26)17-5-7-19(8-6-17)24-30(27,28)22(2,3)4/h5-12,16,24H,13-15H2,1-4H3,(H,23,26)/t16-/m1/s1. The molecule has 0 unspecified atom stereocenters. The van der Waals surface area contributed by atoms with Crippen molar-refractivity contribution >= 4 is 33.0 Å². The van der Waals surface area contributed by atoms with Crippen LogP contribution in [0, 0.1) is 0 Å².